The number of rotatable bonds is 0. The maximum Gasteiger partial charge on any atom is 0.0246 e. The molecular formula is C4H9N. The third-order valence-electron chi connectivity index (χ3n) is 0.824. The summed E-state index contributed by atoms with van der Waals surface area (Å²) in [5, 5.41) is 2.82. The SMILES string of the molecule is [2H]C([2H])([2H])C1CCN1. The lowest BCUT2D eigenvalue weighted by Crippen LogP contribution is -2.39. The van der Waals surface area contributed by atoms with Crippen LogP contribution in [0.25, 0.3) is 0 Å². The van der Waals surface area contributed by atoms with Crippen molar-refractivity contribution in [2.24, 2.45) is 0 Å². The van der Waals surface area contributed by atoms with Gasteiger partial charge in [0.1, 0.15) is 0 Å². The molecule has 1 fully saturated rings. The van der Waals surface area contributed by atoms with Gasteiger partial charge in [-0.25, -0.2) is 0 Å². The van der Waals surface area contributed by atoms with Crippen LogP contribution in [0.5, 0.6) is 0 Å². The fourth-order valence-corrected chi connectivity index (χ4v) is 0.289. The Morgan fingerprint density at radius 1 is 2.20 bits per heavy atom. The highest BCUT2D eigenvalue weighted by Crippen LogP contribution is 1.96. The molecule has 0 saturated carbocycles. The molecule has 30 valence electrons. The van der Waals surface area contributed by atoms with Gasteiger partial charge in [0.05, 0.1) is 0 Å². The average molecular weight is 74.1 g/mol. The molecule has 0 radical (unpaired) electrons. The van der Waals surface area contributed by atoms with E-state index in [4.69, 9.17) is 4.11 Å². The molecule has 0 spiro atoms. The van der Waals surface area contributed by atoms with Gasteiger partial charge in [-0.3, -0.25) is 0 Å². The molecule has 1 N–H and O–H groups in total. The van der Waals surface area contributed by atoms with Gasteiger partial charge in [0, 0.05) is 10.2 Å². The normalized spacial score (nSPS) is 48.0. The van der Waals surface area contributed by atoms with E-state index in [2.05, 4.69) is 5.32 Å². The average Bonchev–Trinajstić information content (AvgIpc) is 1.16. The molecule has 0 aromatic rings. The van der Waals surface area contributed by atoms with Gasteiger partial charge < -0.3 is 5.32 Å². The Hall–Kier alpha value is -0.0400. The van der Waals surface area contributed by atoms with E-state index in [0.29, 0.717) is 0 Å². The fourth-order valence-electron chi connectivity index (χ4n) is 0.289. The molecule has 1 rings (SSSR count). The summed E-state index contributed by atoms with van der Waals surface area (Å²) in [6, 6.07) is -0.220. The van der Waals surface area contributed by atoms with Crippen LogP contribution < -0.4 is 5.32 Å². The minimum absolute atomic E-state index is 0.220. The standard InChI is InChI=1S/C4H9N/c1-4-2-3-5-4/h4-5H,2-3H2,1H3/i1D3. The minimum atomic E-state index is -1.77. The smallest absolute Gasteiger partial charge is 0.0246 e. The molecule has 1 saturated heterocycles. The van der Waals surface area contributed by atoms with Crippen LogP contribution in [0.2, 0.25) is 0 Å². The third kappa shape index (κ3) is 0.428. The first-order chi connectivity index (χ1) is 3.61. The zero-order valence-electron chi connectivity index (χ0n) is 5.99. The molecule has 1 heterocycles. The largest absolute Gasteiger partial charge is 0.314 e. The number of hydrogen-bond acceptors (Lipinski definition) is 1. The molecule has 1 heteroatoms. The van der Waals surface area contributed by atoms with Crippen molar-refractivity contribution >= 4 is 0 Å². The first-order valence-electron chi connectivity index (χ1n) is 3.34. The van der Waals surface area contributed by atoms with Gasteiger partial charge in [0.25, 0.3) is 0 Å². The summed E-state index contributed by atoms with van der Waals surface area (Å²) >= 11 is 0. The predicted octanol–water partition coefficient (Wildman–Crippen LogP) is 0.368. The summed E-state index contributed by atoms with van der Waals surface area (Å²) in [6.07, 6.45) is 0.802. The molecule has 0 amide bonds. The highest BCUT2D eigenvalue weighted by atomic mass is 15.0. The van der Waals surface area contributed by atoms with Gasteiger partial charge in [0.15, 0.2) is 0 Å². The molecule has 1 nitrogen and oxygen atoms in total. The molecule has 1 atom stereocenters. The lowest BCUT2D eigenvalue weighted by Gasteiger charge is -2.22. The van der Waals surface area contributed by atoms with Crippen molar-refractivity contribution in [2.75, 3.05) is 6.54 Å². The van der Waals surface area contributed by atoms with E-state index in [9.17, 15) is 0 Å². The Bertz CT molecular complexity index is 83.8. The van der Waals surface area contributed by atoms with Crippen molar-refractivity contribution in [1.82, 2.24) is 5.32 Å². The molecule has 1 aliphatic rings. The lowest BCUT2D eigenvalue weighted by atomic mass is 10.1. The van der Waals surface area contributed by atoms with Crippen LogP contribution >= 0.6 is 0 Å². The highest BCUT2D eigenvalue weighted by Gasteiger charge is 2.07. The molecule has 0 aromatic heterocycles. The molecular weight excluding hydrogens is 62.1 g/mol. The molecule has 0 aliphatic carbocycles. The summed E-state index contributed by atoms with van der Waals surface area (Å²) in [5.74, 6) is 0. The van der Waals surface area contributed by atoms with Crippen LogP contribution in [0.4, 0.5) is 0 Å². The summed E-state index contributed by atoms with van der Waals surface area (Å²) < 4.78 is 20.6. The van der Waals surface area contributed by atoms with Crippen molar-refractivity contribution in [3.63, 3.8) is 0 Å². The number of hydrogen-bond donors (Lipinski definition) is 1. The monoisotopic (exact) mass is 74.1 g/mol. The Labute approximate surface area is 36.6 Å². The Balaban J connectivity index is 2.34. The van der Waals surface area contributed by atoms with E-state index in [0.717, 1.165) is 13.0 Å². The lowest BCUT2D eigenvalue weighted by molar-refractivity contribution is 0.399. The second-order valence-electron chi connectivity index (χ2n) is 1.30. The molecule has 0 aromatic carbocycles. The second-order valence-corrected chi connectivity index (χ2v) is 1.30. The van der Waals surface area contributed by atoms with Crippen molar-refractivity contribution < 1.29 is 4.11 Å². The van der Waals surface area contributed by atoms with E-state index in [1.165, 1.54) is 0 Å². The van der Waals surface area contributed by atoms with E-state index in [1.54, 1.807) is 0 Å². The highest BCUT2D eigenvalue weighted by molar-refractivity contribution is 4.70. The molecule has 0 bridgehead atoms. The van der Waals surface area contributed by atoms with Gasteiger partial charge in [-0.1, -0.05) is 0 Å². The molecule has 5 heavy (non-hydrogen) atoms. The quantitative estimate of drug-likeness (QED) is 0.437. The Morgan fingerprint density at radius 3 is 3.00 bits per heavy atom. The molecule has 1 aliphatic heterocycles. The van der Waals surface area contributed by atoms with Crippen LogP contribution in [0.15, 0.2) is 0 Å². The van der Waals surface area contributed by atoms with Crippen LogP contribution in [0, 0.1) is 0 Å². The zero-order chi connectivity index (χ0) is 6.20. The van der Waals surface area contributed by atoms with Crippen LogP contribution in [0.1, 0.15) is 17.4 Å². The minimum Gasteiger partial charge on any atom is -0.314 e. The van der Waals surface area contributed by atoms with Gasteiger partial charge in [0.2, 0.25) is 0 Å². The van der Waals surface area contributed by atoms with Crippen LogP contribution in [-0.4, -0.2) is 12.6 Å². The summed E-state index contributed by atoms with van der Waals surface area (Å²) in [4.78, 5) is 0. The fraction of sp³-hybridized carbons (Fsp3) is 1.00. The maximum atomic E-state index is 6.86. The van der Waals surface area contributed by atoms with Gasteiger partial charge in [-0.15, -0.1) is 0 Å². The zero-order valence-corrected chi connectivity index (χ0v) is 2.99. The van der Waals surface area contributed by atoms with Crippen molar-refractivity contribution in [2.45, 2.75) is 19.3 Å². The summed E-state index contributed by atoms with van der Waals surface area (Å²) in [5.41, 5.74) is 0. The first-order valence-corrected chi connectivity index (χ1v) is 1.84. The van der Waals surface area contributed by atoms with E-state index >= 15 is 0 Å². The number of nitrogens with one attached hydrogen (secondary N) is 1. The van der Waals surface area contributed by atoms with E-state index in [1.807, 2.05) is 0 Å². The van der Waals surface area contributed by atoms with Crippen molar-refractivity contribution in [1.29, 1.82) is 0 Å². The van der Waals surface area contributed by atoms with Gasteiger partial charge in [-0.05, 0) is 19.8 Å². The molecule has 1 unspecified atom stereocenters. The third-order valence-corrected chi connectivity index (χ3v) is 0.824. The van der Waals surface area contributed by atoms with Crippen LogP contribution in [0.3, 0.4) is 0 Å². The van der Waals surface area contributed by atoms with Crippen molar-refractivity contribution in [3.05, 3.63) is 0 Å². The van der Waals surface area contributed by atoms with Gasteiger partial charge in [-0.2, -0.15) is 0 Å². The summed E-state index contributed by atoms with van der Waals surface area (Å²) in [6.45, 7) is -0.901. The predicted molar refractivity (Wildman–Crippen MR) is 22.1 cm³/mol. The van der Waals surface area contributed by atoms with Gasteiger partial charge >= 0.3 is 0 Å². The van der Waals surface area contributed by atoms with E-state index < -0.39 is 6.85 Å². The van der Waals surface area contributed by atoms with Crippen LogP contribution in [-0.2, 0) is 0 Å². The van der Waals surface area contributed by atoms with Crippen molar-refractivity contribution in [3.8, 4) is 0 Å². The summed E-state index contributed by atoms with van der Waals surface area (Å²) in [7, 11) is 0. The Kier molecular flexibility index (Phi) is 0.240. The second kappa shape index (κ2) is 0.977. The first kappa shape index (κ1) is 1.23. The Morgan fingerprint density at radius 2 is 3.00 bits per heavy atom. The topological polar surface area (TPSA) is 12.0 Å². The van der Waals surface area contributed by atoms with E-state index in [-0.39, 0.29) is 6.04 Å². The maximum absolute atomic E-state index is 6.86.